The molecule has 0 saturated carbocycles. The number of imidazole rings is 1. The van der Waals surface area contributed by atoms with Crippen molar-refractivity contribution in [3.8, 4) is 0 Å². The molecule has 0 bridgehead atoms. The van der Waals surface area contributed by atoms with Crippen LogP contribution in [-0.4, -0.2) is 26.7 Å². The van der Waals surface area contributed by atoms with E-state index in [-0.39, 0.29) is 17.3 Å². The molecule has 0 aliphatic rings. The zero-order chi connectivity index (χ0) is 13.8. The zero-order valence-electron chi connectivity index (χ0n) is 10.6. The molecule has 2 rings (SSSR count). The van der Waals surface area contributed by atoms with E-state index < -0.39 is 5.97 Å². The van der Waals surface area contributed by atoms with E-state index in [0.29, 0.717) is 0 Å². The van der Waals surface area contributed by atoms with Crippen LogP contribution in [0.5, 0.6) is 0 Å². The molecule has 6 heteroatoms. The van der Waals surface area contributed by atoms with Crippen molar-refractivity contribution in [3.63, 3.8) is 0 Å². The number of nitrogens with two attached hydrogens (primary N) is 1. The monoisotopic (exact) mass is 260 g/mol. The third-order valence-corrected chi connectivity index (χ3v) is 2.74. The van der Waals surface area contributed by atoms with Gasteiger partial charge in [-0.3, -0.25) is 0 Å². The first-order chi connectivity index (χ1) is 9.06. The predicted octanol–water partition coefficient (Wildman–Crippen LogP) is 1.66. The number of nitrogen functional groups attached to an aromatic ring is 1. The lowest BCUT2D eigenvalue weighted by Gasteiger charge is -2.16. The minimum absolute atomic E-state index is 0.111. The number of carboxylic acid groups (broad SMARTS) is 1. The van der Waals surface area contributed by atoms with E-state index >= 15 is 0 Å². The second-order valence-electron chi connectivity index (χ2n) is 4.41. The number of carboxylic acids is 1. The van der Waals surface area contributed by atoms with Crippen molar-refractivity contribution in [1.29, 1.82) is 0 Å². The second kappa shape index (κ2) is 5.43. The number of carbonyl (C=O) groups is 1. The van der Waals surface area contributed by atoms with Crippen LogP contribution in [0.3, 0.4) is 0 Å². The lowest BCUT2D eigenvalue weighted by molar-refractivity contribution is 0.0698. The van der Waals surface area contributed by atoms with Gasteiger partial charge in [0.1, 0.15) is 0 Å². The summed E-state index contributed by atoms with van der Waals surface area (Å²) in [7, 11) is 0. The van der Waals surface area contributed by atoms with Crippen LogP contribution in [0.4, 0.5) is 11.4 Å². The number of hydrogen-bond donors (Lipinski definition) is 3. The highest BCUT2D eigenvalue weighted by atomic mass is 16.4. The van der Waals surface area contributed by atoms with Gasteiger partial charge < -0.3 is 20.7 Å². The minimum atomic E-state index is -1.02. The third-order valence-electron chi connectivity index (χ3n) is 2.74. The Labute approximate surface area is 110 Å². The van der Waals surface area contributed by atoms with Crippen LogP contribution in [0, 0.1) is 0 Å². The van der Waals surface area contributed by atoms with Crippen LogP contribution in [0.2, 0.25) is 0 Å². The Morgan fingerprint density at radius 3 is 3.00 bits per heavy atom. The van der Waals surface area contributed by atoms with Crippen molar-refractivity contribution in [3.05, 3.63) is 42.5 Å². The molecular weight excluding hydrogens is 244 g/mol. The van der Waals surface area contributed by atoms with Gasteiger partial charge >= 0.3 is 5.97 Å². The van der Waals surface area contributed by atoms with E-state index in [9.17, 15) is 4.79 Å². The number of hydrogen-bond acceptors (Lipinski definition) is 4. The Kier molecular flexibility index (Phi) is 3.70. The maximum absolute atomic E-state index is 11.0. The summed E-state index contributed by atoms with van der Waals surface area (Å²) in [6, 6.07) is 5.05. The molecule has 0 saturated heterocycles. The van der Waals surface area contributed by atoms with Crippen LogP contribution < -0.4 is 11.1 Å². The summed E-state index contributed by atoms with van der Waals surface area (Å²) in [6.07, 6.45) is 5.34. The molecule has 0 radical (unpaired) electrons. The topological polar surface area (TPSA) is 93.2 Å². The number of aromatic carboxylic acids is 1. The van der Waals surface area contributed by atoms with Gasteiger partial charge in [0.15, 0.2) is 0 Å². The lowest BCUT2D eigenvalue weighted by Crippen LogP contribution is -2.21. The van der Waals surface area contributed by atoms with Crippen molar-refractivity contribution >= 4 is 17.3 Å². The molecule has 0 fully saturated rings. The third kappa shape index (κ3) is 3.25. The van der Waals surface area contributed by atoms with E-state index in [2.05, 4.69) is 10.3 Å². The molecule has 2 aromatic rings. The van der Waals surface area contributed by atoms with Crippen molar-refractivity contribution in [1.82, 2.24) is 9.55 Å². The summed E-state index contributed by atoms with van der Waals surface area (Å²) in [5, 5.41) is 12.2. The Bertz CT molecular complexity index is 566. The Morgan fingerprint density at radius 1 is 1.58 bits per heavy atom. The summed E-state index contributed by atoms with van der Waals surface area (Å²) in [4.78, 5) is 15.0. The van der Waals surface area contributed by atoms with Gasteiger partial charge in [0.2, 0.25) is 0 Å². The van der Waals surface area contributed by atoms with E-state index in [1.54, 1.807) is 30.7 Å². The molecule has 19 heavy (non-hydrogen) atoms. The maximum atomic E-state index is 11.0. The predicted molar refractivity (Wildman–Crippen MR) is 73.1 cm³/mol. The van der Waals surface area contributed by atoms with E-state index in [1.165, 1.54) is 0 Å². The number of benzene rings is 1. The van der Waals surface area contributed by atoms with Gasteiger partial charge in [0.05, 0.1) is 11.9 Å². The highest BCUT2D eigenvalue weighted by molar-refractivity contribution is 5.94. The largest absolute Gasteiger partial charge is 0.478 e. The quantitative estimate of drug-likeness (QED) is 0.711. The van der Waals surface area contributed by atoms with Crippen LogP contribution in [0.1, 0.15) is 17.3 Å². The molecule has 6 nitrogen and oxygen atoms in total. The van der Waals surface area contributed by atoms with Crippen LogP contribution in [0.25, 0.3) is 0 Å². The molecule has 0 aliphatic carbocycles. The smallest absolute Gasteiger partial charge is 0.337 e. The Hall–Kier alpha value is -2.50. The van der Waals surface area contributed by atoms with E-state index in [4.69, 9.17) is 10.8 Å². The van der Waals surface area contributed by atoms with Crippen LogP contribution in [-0.2, 0) is 6.54 Å². The van der Waals surface area contributed by atoms with Crippen molar-refractivity contribution in [2.45, 2.75) is 19.5 Å². The van der Waals surface area contributed by atoms with E-state index in [1.807, 2.05) is 17.7 Å². The molecule has 1 atom stereocenters. The first kappa shape index (κ1) is 12.9. The van der Waals surface area contributed by atoms with Gasteiger partial charge in [-0.05, 0) is 25.1 Å². The Balaban J connectivity index is 2.06. The molecule has 0 spiro atoms. The van der Waals surface area contributed by atoms with Gasteiger partial charge in [-0.2, -0.15) is 0 Å². The average Bonchev–Trinajstić information content (AvgIpc) is 2.84. The van der Waals surface area contributed by atoms with Gasteiger partial charge in [0.25, 0.3) is 0 Å². The highest BCUT2D eigenvalue weighted by Gasteiger charge is 2.10. The standard InChI is InChI=1S/C13H16N4O2/c1-9(7-17-5-4-15-8-17)16-10-2-3-12(14)11(6-10)13(18)19/h2-6,8-9,16H,7,14H2,1H3,(H,18,19). The number of anilines is 2. The number of rotatable bonds is 5. The number of nitrogens with one attached hydrogen (secondary N) is 1. The molecule has 1 unspecified atom stereocenters. The molecule has 1 aromatic carbocycles. The first-order valence-corrected chi connectivity index (χ1v) is 5.91. The molecule has 0 aliphatic heterocycles. The molecule has 100 valence electrons. The summed E-state index contributed by atoms with van der Waals surface area (Å²) in [5.41, 5.74) is 6.72. The highest BCUT2D eigenvalue weighted by Crippen LogP contribution is 2.18. The zero-order valence-corrected chi connectivity index (χ0v) is 10.6. The number of aromatic nitrogens is 2. The maximum Gasteiger partial charge on any atom is 0.337 e. The fraction of sp³-hybridized carbons (Fsp3) is 0.231. The van der Waals surface area contributed by atoms with Gasteiger partial charge in [-0.25, -0.2) is 9.78 Å². The van der Waals surface area contributed by atoms with Gasteiger partial charge in [-0.1, -0.05) is 0 Å². The molecule has 1 aromatic heterocycles. The molecule has 0 amide bonds. The van der Waals surface area contributed by atoms with Crippen molar-refractivity contribution in [2.75, 3.05) is 11.1 Å². The second-order valence-corrected chi connectivity index (χ2v) is 4.41. The normalized spacial score (nSPS) is 12.1. The summed E-state index contributed by atoms with van der Waals surface area (Å²) >= 11 is 0. The molecule has 1 heterocycles. The summed E-state index contributed by atoms with van der Waals surface area (Å²) in [5.74, 6) is -1.02. The Morgan fingerprint density at radius 2 is 2.37 bits per heavy atom. The first-order valence-electron chi connectivity index (χ1n) is 5.91. The van der Waals surface area contributed by atoms with Crippen molar-refractivity contribution < 1.29 is 9.90 Å². The van der Waals surface area contributed by atoms with Crippen molar-refractivity contribution in [2.24, 2.45) is 0 Å². The fourth-order valence-corrected chi connectivity index (χ4v) is 1.87. The van der Waals surface area contributed by atoms with Crippen LogP contribution >= 0.6 is 0 Å². The van der Waals surface area contributed by atoms with E-state index in [0.717, 1.165) is 12.2 Å². The number of nitrogens with zero attached hydrogens (tertiary/aromatic N) is 2. The average molecular weight is 260 g/mol. The summed E-state index contributed by atoms with van der Waals surface area (Å²) < 4.78 is 1.95. The fourth-order valence-electron chi connectivity index (χ4n) is 1.87. The minimum Gasteiger partial charge on any atom is -0.478 e. The van der Waals surface area contributed by atoms with Crippen LogP contribution in [0.15, 0.2) is 36.9 Å². The molecule has 4 N–H and O–H groups in total. The van der Waals surface area contributed by atoms with Gasteiger partial charge in [0, 0.05) is 36.4 Å². The SMILES string of the molecule is CC(Cn1ccnc1)Nc1ccc(N)c(C(=O)O)c1. The lowest BCUT2D eigenvalue weighted by atomic mass is 10.1. The van der Waals surface area contributed by atoms with Gasteiger partial charge in [-0.15, -0.1) is 0 Å². The summed E-state index contributed by atoms with van der Waals surface area (Å²) in [6.45, 7) is 2.75. The molecular formula is C13H16N4O2.